The molecule has 26 heavy (non-hydrogen) atoms. The molecule has 0 spiro atoms. The Bertz CT molecular complexity index is 1110. The summed E-state index contributed by atoms with van der Waals surface area (Å²) >= 11 is 12.3. The van der Waals surface area contributed by atoms with E-state index in [2.05, 4.69) is 16.0 Å². The molecule has 4 rings (SSSR count). The van der Waals surface area contributed by atoms with Crippen LogP contribution in [0.25, 0.3) is 22.0 Å². The maximum absolute atomic E-state index is 12.6. The lowest BCUT2D eigenvalue weighted by Crippen LogP contribution is -2.23. The van der Waals surface area contributed by atoms with Crippen LogP contribution in [0, 0.1) is 18.3 Å². The van der Waals surface area contributed by atoms with Gasteiger partial charge in [0.2, 0.25) is 0 Å². The molecule has 3 aromatic rings. The molecule has 0 aliphatic carbocycles. The Kier molecular flexibility index (Phi) is 4.14. The predicted octanol–water partition coefficient (Wildman–Crippen LogP) is 4.93. The molecule has 0 saturated carbocycles. The van der Waals surface area contributed by atoms with Crippen LogP contribution in [0.4, 0.5) is 0 Å². The quantitative estimate of drug-likeness (QED) is 0.647. The Morgan fingerprint density at radius 3 is 2.73 bits per heavy atom. The largest absolute Gasteiger partial charge is 0.351 e. The van der Waals surface area contributed by atoms with Crippen molar-refractivity contribution >= 4 is 40.0 Å². The molecule has 1 aliphatic heterocycles. The van der Waals surface area contributed by atoms with E-state index in [0.717, 1.165) is 40.6 Å². The van der Waals surface area contributed by atoms with Crippen LogP contribution in [0.3, 0.4) is 0 Å². The number of nitrogens with one attached hydrogen (secondary N) is 1. The van der Waals surface area contributed by atoms with Gasteiger partial charge in [0.25, 0.3) is 5.91 Å². The number of halogens is 2. The van der Waals surface area contributed by atoms with Gasteiger partial charge in [0.15, 0.2) is 0 Å². The summed E-state index contributed by atoms with van der Waals surface area (Å²) in [5.74, 6) is -0.0743. The molecular weight excluding hydrogens is 369 g/mol. The molecule has 2 heterocycles. The molecule has 130 valence electrons. The average molecular weight is 384 g/mol. The number of nitriles is 1. The Balaban J connectivity index is 2.12. The minimum Gasteiger partial charge on any atom is -0.351 e. The summed E-state index contributed by atoms with van der Waals surface area (Å²) in [5.41, 5.74) is 4.79. The molecule has 0 saturated heterocycles. The van der Waals surface area contributed by atoms with Gasteiger partial charge in [-0.3, -0.25) is 4.79 Å². The smallest absolute Gasteiger partial charge is 0.268 e. The Hall–Kier alpha value is -2.48. The maximum Gasteiger partial charge on any atom is 0.268 e. The highest BCUT2D eigenvalue weighted by Gasteiger charge is 2.25. The first-order chi connectivity index (χ1) is 12.5. The summed E-state index contributed by atoms with van der Waals surface area (Å²) in [6.07, 6.45) is 0.850. The number of aromatic nitrogens is 1. The second-order valence-corrected chi connectivity index (χ2v) is 7.21. The van der Waals surface area contributed by atoms with Crippen LogP contribution in [0.1, 0.15) is 28.0 Å². The molecule has 0 bridgehead atoms. The standard InChI is InChI=1S/C20H15Cl2N3O/c1-11-14-7-12(10-23)8-15(13-3-4-16(21)17(22)9-13)19(14)25-6-2-5-24-20(26)18(11)25/h3-4,7-9H,2,5-6H2,1H3,(H,24,26). The number of hydrogen-bond donors (Lipinski definition) is 1. The van der Waals surface area contributed by atoms with Gasteiger partial charge in [0.05, 0.1) is 27.2 Å². The fourth-order valence-corrected chi connectivity index (χ4v) is 3.94. The Morgan fingerprint density at radius 2 is 2.00 bits per heavy atom. The summed E-state index contributed by atoms with van der Waals surface area (Å²) < 4.78 is 2.06. The van der Waals surface area contributed by atoms with Crippen LogP contribution in [-0.4, -0.2) is 17.0 Å². The molecule has 0 unspecified atom stereocenters. The molecule has 1 N–H and O–H groups in total. The number of carbonyl (C=O) groups is 1. The third-order valence-electron chi connectivity index (χ3n) is 4.83. The van der Waals surface area contributed by atoms with E-state index >= 15 is 0 Å². The van der Waals surface area contributed by atoms with Crippen LogP contribution < -0.4 is 5.32 Å². The van der Waals surface area contributed by atoms with Crippen molar-refractivity contribution in [2.24, 2.45) is 0 Å². The number of nitrogens with zero attached hydrogens (tertiary/aromatic N) is 2. The molecule has 0 radical (unpaired) electrons. The van der Waals surface area contributed by atoms with Gasteiger partial charge in [-0.2, -0.15) is 5.26 Å². The van der Waals surface area contributed by atoms with Gasteiger partial charge in [-0.1, -0.05) is 29.3 Å². The SMILES string of the molecule is Cc1c2n(c3c(-c4ccc(Cl)c(Cl)c4)cc(C#N)cc13)CCCNC2=O. The lowest BCUT2D eigenvalue weighted by atomic mass is 9.98. The Morgan fingerprint density at radius 1 is 1.19 bits per heavy atom. The van der Waals surface area contributed by atoms with Crippen LogP contribution in [0.2, 0.25) is 10.0 Å². The molecular formula is C20H15Cl2N3O. The predicted molar refractivity (Wildman–Crippen MR) is 104 cm³/mol. The van der Waals surface area contributed by atoms with Crippen LogP contribution in [-0.2, 0) is 6.54 Å². The zero-order chi connectivity index (χ0) is 18.4. The topological polar surface area (TPSA) is 57.8 Å². The molecule has 0 fully saturated rings. The average Bonchev–Trinajstić information content (AvgIpc) is 2.78. The second-order valence-electron chi connectivity index (χ2n) is 6.40. The second kappa shape index (κ2) is 6.35. The van der Waals surface area contributed by atoms with Crippen molar-refractivity contribution in [2.45, 2.75) is 19.9 Å². The van der Waals surface area contributed by atoms with Crippen LogP contribution in [0.5, 0.6) is 0 Å². The van der Waals surface area contributed by atoms with E-state index in [-0.39, 0.29) is 5.91 Å². The van der Waals surface area contributed by atoms with Crippen LogP contribution >= 0.6 is 23.2 Å². The van der Waals surface area contributed by atoms with Gasteiger partial charge in [0.1, 0.15) is 5.69 Å². The third-order valence-corrected chi connectivity index (χ3v) is 5.57. The highest BCUT2D eigenvalue weighted by atomic mass is 35.5. The van der Waals surface area contributed by atoms with Crippen molar-refractivity contribution in [3.8, 4) is 17.2 Å². The first-order valence-electron chi connectivity index (χ1n) is 8.32. The lowest BCUT2D eigenvalue weighted by Gasteiger charge is -2.11. The zero-order valence-corrected chi connectivity index (χ0v) is 15.6. The minimum absolute atomic E-state index is 0.0743. The molecule has 0 atom stereocenters. The Labute approximate surface area is 160 Å². The highest BCUT2D eigenvalue weighted by Crippen LogP contribution is 2.38. The van der Waals surface area contributed by atoms with Gasteiger partial charge in [0, 0.05) is 24.0 Å². The monoisotopic (exact) mass is 383 g/mol. The molecule has 6 heteroatoms. The number of fused-ring (bicyclic) bond motifs is 3. The lowest BCUT2D eigenvalue weighted by molar-refractivity contribution is 0.0951. The van der Waals surface area contributed by atoms with Crippen molar-refractivity contribution in [3.63, 3.8) is 0 Å². The van der Waals surface area contributed by atoms with Gasteiger partial charge in [-0.15, -0.1) is 0 Å². The zero-order valence-electron chi connectivity index (χ0n) is 14.1. The maximum atomic E-state index is 12.6. The normalized spacial score (nSPS) is 13.8. The van der Waals surface area contributed by atoms with Gasteiger partial charge >= 0.3 is 0 Å². The number of aryl methyl sites for hydroxylation is 2. The van der Waals surface area contributed by atoms with E-state index in [1.807, 2.05) is 25.1 Å². The molecule has 1 aliphatic rings. The first kappa shape index (κ1) is 17.0. The van der Waals surface area contributed by atoms with Crippen molar-refractivity contribution in [3.05, 3.63) is 57.2 Å². The van der Waals surface area contributed by atoms with E-state index in [1.54, 1.807) is 12.1 Å². The van der Waals surface area contributed by atoms with E-state index in [0.29, 0.717) is 27.8 Å². The van der Waals surface area contributed by atoms with E-state index in [1.165, 1.54) is 0 Å². The molecule has 1 aromatic heterocycles. The number of rotatable bonds is 1. The number of benzene rings is 2. The summed E-state index contributed by atoms with van der Waals surface area (Å²) in [4.78, 5) is 12.6. The fourth-order valence-electron chi connectivity index (χ4n) is 3.64. The van der Waals surface area contributed by atoms with Gasteiger partial charge in [-0.05, 0) is 48.7 Å². The van der Waals surface area contributed by atoms with E-state index < -0.39 is 0 Å². The molecule has 1 amide bonds. The summed E-state index contributed by atoms with van der Waals surface area (Å²) in [7, 11) is 0. The van der Waals surface area contributed by atoms with Crippen molar-refractivity contribution in [2.75, 3.05) is 6.54 Å². The first-order valence-corrected chi connectivity index (χ1v) is 9.07. The fraction of sp³-hybridized carbons (Fsp3) is 0.200. The summed E-state index contributed by atoms with van der Waals surface area (Å²) in [6.45, 7) is 3.32. The van der Waals surface area contributed by atoms with Crippen molar-refractivity contribution in [1.82, 2.24) is 9.88 Å². The van der Waals surface area contributed by atoms with Crippen molar-refractivity contribution < 1.29 is 4.79 Å². The summed E-state index contributed by atoms with van der Waals surface area (Å²) in [6, 6.07) is 11.3. The minimum atomic E-state index is -0.0743. The van der Waals surface area contributed by atoms with Gasteiger partial charge in [-0.25, -0.2) is 0 Å². The third kappa shape index (κ3) is 2.56. The molecule has 2 aromatic carbocycles. The molecule has 4 nitrogen and oxygen atoms in total. The van der Waals surface area contributed by atoms with Crippen molar-refractivity contribution in [1.29, 1.82) is 5.26 Å². The summed E-state index contributed by atoms with van der Waals surface area (Å²) in [5, 5.41) is 14.3. The highest BCUT2D eigenvalue weighted by molar-refractivity contribution is 6.42. The van der Waals surface area contributed by atoms with Crippen LogP contribution in [0.15, 0.2) is 30.3 Å². The van der Waals surface area contributed by atoms with E-state index in [4.69, 9.17) is 23.2 Å². The number of amides is 1. The number of carbonyl (C=O) groups excluding carboxylic acids is 1. The van der Waals surface area contributed by atoms with Gasteiger partial charge < -0.3 is 9.88 Å². The van der Waals surface area contributed by atoms with E-state index in [9.17, 15) is 10.1 Å². The number of hydrogen-bond acceptors (Lipinski definition) is 2.